The van der Waals surface area contributed by atoms with Crippen molar-refractivity contribution in [1.29, 1.82) is 0 Å². The molecule has 0 aromatic heterocycles. The van der Waals surface area contributed by atoms with Crippen molar-refractivity contribution < 1.29 is 42.7 Å². The first-order valence-electron chi connectivity index (χ1n) is 23.6. The molecule has 6 fully saturated rings. The van der Waals surface area contributed by atoms with Crippen molar-refractivity contribution in [3.63, 3.8) is 0 Å². The van der Waals surface area contributed by atoms with Crippen LogP contribution < -0.4 is 24.8 Å². The third-order valence-electron chi connectivity index (χ3n) is 14.4. The van der Waals surface area contributed by atoms with Gasteiger partial charge in [-0.05, 0) is 111 Å². The van der Waals surface area contributed by atoms with Crippen LogP contribution in [0.15, 0.2) is 66.7 Å². The molecule has 0 saturated heterocycles. The maximum absolute atomic E-state index is 2.53. The summed E-state index contributed by atoms with van der Waals surface area (Å²) in [4.78, 5) is 0. The van der Waals surface area contributed by atoms with Gasteiger partial charge in [0.25, 0.3) is 0 Å². The molecule has 56 heavy (non-hydrogen) atoms. The van der Waals surface area contributed by atoms with Gasteiger partial charge in [-0.15, -0.1) is 0 Å². The predicted octanol–water partition coefficient (Wildman–Crippen LogP) is 10.4. The van der Waals surface area contributed by atoms with Crippen LogP contribution in [-0.4, -0.2) is 38.6 Å². The van der Waals surface area contributed by atoms with E-state index in [9.17, 15) is 0 Å². The van der Waals surface area contributed by atoms with Crippen LogP contribution >= 0.6 is 15.8 Å². The molecule has 0 bridgehead atoms. The van der Waals surface area contributed by atoms with Crippen molar-refractivity contribution in [1.82, 2.24) is 0 Å². The van der Waals surface area contributed by atoms with Crippen molar-refractivity contribution >= 4 is 26.0 Å². The standard InChI is InChI=1S/2C18H33P.C15H12.2ClH.Ru/c2*1-4-10-16(11-5-1)19(17-12-6-2-7-13-17)18-14-8-3-9-15-18;1-2-15(13-9-5-3-6-10-13)14-11-7-4-8-12-14;;;/h2*16-18H,1-15H2;1-12H;2*1H;/q;;;;;+2/p-2. The third-order valence-corrected chi connectivity index (χ3v) is 22.8. The molecule has 2 aromatic rings. The van der Waals surface area contributed by atoms with Crippen molar-refractivity contribution in [3.8, 4) is 0 Å². The summed E-state index contributed by atoms with van der Waals surface area (Å²) < 4.78 is 2.01. The number of hydrogen-bond acceptors (Lipinski definition) is 0. The van der Waals surface area contributed by atoms with Gasteiger partial charge in [0.15, 0.2) is 0 Å². The molecule has 0 N–H and O–H groups in total. The molecule has 5 heteroatoms. The van der Waals surface area contributed by atoms with Gasteiger partial charge in [-0.25, -0.2) is 0 Å². The normalized spacial score (nSPS) is 22.3. The Morgan fingerprint density at radius 3 is 0.768 bits per heavy atom. The average Bonchev–Trinajstić information content (AvgIpc) is 3.26. The fourth-order valence-corrected chi connectivity index (χ4v) is 21.4. The second-order valence-corrected chi connectivity index (χ2v) is 24.8. The topological polar surface area (TPSA) is 0 Å². The van der Waals surface area contributed by atoms with Gasteiger partial charge in [-0.1, -0.05) is 131 Å². The zero-order chi connectivity index (χ0) is 37.0. The maximum atomic E-state index is 2.53. The van der Waals surface area contributed by atoms with Gasteiger partial charge < -0.3 is 24.8 Å². The zero-order valence-electron chi connectivity index (χ0n) is 35.1. The molecule has 0 radical (unpaired) electrons. The molecule has 0 heterocycles. The minimum absolute atomic E-state index is 0. The molecule has 6 saturated carbocycles. The third kappa shape index (κ3) is 15.5. The Morgan fingerprint density at radius 2 is 0.571 bits per heavy atom. The fraction of sp³-hybridized carbons (Fsp3) is 0.706. The Kier molecular flexibility index (Phi) is 24.9. The number of rotatable bonds is 9. The number of allylic oxidation sites excluding steroid dienone is 1. The van der Waals surface area contributed by atoms with Crippen LogP contribution in [0.5, 0.6) is 0 Å². The van der Waals surface area contributed by atoms with Crippen molar-refractivity contribution in [2.75, 3.05) is 0 Å². The summed E-state index contributed by atoms with van der Waals surface area (Å²) in [5.41, 5.74) is 10.9. The summed E-state index contributed by atoms with van der Waals surface area (Å²) >= 11 is 2.53. The summed E-state index contributed by atoms with van der Waals surface area (Å²) in [6, 6.07) is 20.9. The van der Waals surface area contributed by atoms with Crippen molar-refractivity contribution in [2.24, 2.45) is 0 Å². The van der Waals surface area contributed by atoms with Gasteiger partial charge in [0, 0.05) is 0 Å². The minimum atomic E-state index is 0. The summed E-state index contributed by atoms with van der Waals surface area (Å²) in [7, 11) is 0.770. The summed E-state index contributed by atoms with van der Waals surface area (Å²) in [5.74, 6) is 0. The van der Waals surface area contributed by atoms with Crippen LogP contribution in [0.1, 0.15) is 204 Å². The molecule has 2 aromatic carbocycles. The van der Waals surface area contributed by atoms with E-state index in [4.69, 9.17) is 0 Å². The van der Waals surface area contributed by atoms with E-state index in [-0.39, 0.29) is 24.8 Å². The summed E-state index contributed by atoms with van der Waals surface area (Å²) in [6.07, 6.45) is 49.4. The van der Waals surface area contributed by atoms with E-state index >= 15 is 0 Å². The number of hydrogen-bond donors (Lipinski definition) is 0. The molecule has 0 aliphatic heterocycles. The molecule has 0 amide bonds. The Morgan fingerprint density at radius 1 is 0.357 bits per heavy atom. The number of halogens is 2. The van der Waals surface area contributed by atoms with E-state index in [1.54, 1.807) is 154 Å². The molecule has 0 unspecified atom stereocenters. The average molecular weight is 925 g/mol. The molecule has 0 atom stereocenters. The van der Waals surface area contributed by atoms with Gasteiger partial charge in [-0.2, -0.15) is 0 Å². The molecule has 6 aliphatic carbocycles. The SMILES string of the molecule is C1CCC(P(C2CCCCC2)C2CCCCC2)CC1.C1CCC(P(C2CCCCC2)C2CCCCC2)CC1.[Cl-].[Cl-].[Ru+2]=[CH]C=C(c1ccccc1)c1ccccc1. The molecule has 6 aliphatic rings. The van der Waals surface area contributed by atoms with Crippen LogP contribution in [0, 0.1) is 0 Å². The van der Waals surface area contributed by atoms with Crippen LogP contribution in [0.2, 0.25) is 0 Å². The van der Waals surface area contributed by atoms with E-state index in [0.29, 0.717) is 15.8 Å². The molecule has 8 rings (SSSR count). The van der Waals surface area contributed by atoms with Crippen LogP contribution in [0.25, 0.3) is 5.57 Å². The van der Waals surface area contributed by atoms with E-state index in [1.807, 2.05) is 16.7 Å². The molecule has 314 valence electrons. The Labute approximate surface area is 370 Å². The van der Waals surface area contributed by atoms with E-state index in [1.165, 1.54) is 89.2 Å². The van der Waals surface area contributed by atoms with Gasteiger partial charge in [0.05, 0.1) is 0 Å². The second-order valence-electron chi connectivity index (χ2n) is 18.1. The first kappa shape index (κ1) is 48.8. The van der Waals surface area contributed by atoms with Gasteiger partial charge in [-0.3, -0.25) is 0 Å². The van der Waals surface area contributed by atoms with Gasteiger partial charge >= 0.3 is 106 Å². The molecule has 0 nitrogen and oxygen atoms in total. The second kappa shape index (κ2) is 28.6. The molecule has 0 spiro atoms. The Hall–Kier alpha value is 0.113. The Bertz CT molecular complexity index is 1120. The predicted molar refractivity (Wildman–Crippen MR) is 241 cm³/mol. The van der Waals surface area contributed by atoms with E-state index in [0.717, 1.165) is 0 Å². The van der Waals surface area contributed by atoms with Crippen LogP contribution in [0.4, 0.5) is 0 Å². The zero-order valence-corrected chi connectivity index (χ0v) is 40.1. The first-order chi connectivity index (χ1) is 26.8. The van der Waals surface area contributed by atoms with E-state index in [2.05, 4.69) is 72.5 Å². The Balaban J connectivity index is 0.000000184. The van der Waals surface area contributed by atoms with Crippen LogP contribution in [0.3, 0.4) is 0 Å². The monoisotopic (exact) mass is 924 g/mol. The van der Waals surface area contributed by atoms with Gasteiger partial charge in [0.1, 0.15) is 0 Å². The molecular weight excluding hydrogens is 846 g/mol. The van der Waals surface area contributed by atoms with Crippen molar-refractivity contribution in [3.05, 3.63) is 77.9 Å². The first-order valence-corrected chi connectivity index (χ1v) is 27.7. The summed E-state index contributed by atoms with van der Waals surface area (Å²) in [6.45, 7) is 0. The van der Waals surface area contributed by atoms with Gasteiger partial charge in [0.2, 0.25) is 0 Å². The van der Waals surface area contributed by atoms with Crippen molar-refractivity contribution in [2.45, 2.75) is 227 Å². The van der Waals surface area contributed by atoms with Crippen LogP contribution in [-0.2, 0) is 17.9 Å². The fourth-order valence-electron chi connectivity index (χ4n) is 11.7. The van der Waals surface area contributed by atoms with E-state index < -0.39 is 0 Å². The quantitative estimate of drug-likeness (QED) is 0.174. The number of benzene rings is 2. The summed E-state index contributed by atoms with van der Waals surface area (Å²) in [5, 5.41) is 0. The molecular formula is C51H78Cl2P2Ru.